The molecular formula is C23H23NO5S. The lowest BCUT2D eigenvalue weighted by Crippen LogP contribution is -2.20. The van der Waals surface area contributed by atoms with Crippen LogP contribution in [0, 0.1) is 0 Å². The summed E-state index contributed by atoms with van der Waals surface area (Å²) in [5.74, 6) is -0.440. The molecule has 3 aromatic rings. The van der Waals surface area contributed by atoms with Gasteiger partial charge in [-0.15, -0.1) is 11.3 Å². The Morgan fingerprint density at radius 2 is 1.93 bits per heavy atom. The zero-order valence-electron chi connectivity index (χ0n) is 16.6. The molecule has 1 aromatic heterocycles. The lowest BCUT2D eigenvalue weighted by molar-refractivity contribution is 0.0696. The summed E-state index contributed by atoms with van der Waals surface area (Å²) in [7, 11) is 1.54. The van der Waals surface area contributed by atoms with Gasteiger partial charge >= 0.3 is 12.1 Å². The van der Waals surface area contributed by atoms with Crippen LogP contribution in [-0.4, -0.2) is 30.4 Å². The van der Waals surface area contributed by atoms with Crippen molar-refractivity contribution < 1.29 is 24.2 Å². The smallest absolute Gasteiger partial charge is 0.411 e. The summed E-state index contributed by atoms with van der Waals surface area (Å²) < 4.78 is 12.0. The van der Waals surface area contributed by atoms with Gasteiger partial charge in [-0.3, -0.25) is 5.32 Å². The molecule has 4 rings (SSSR count). The van der Waals surface area contributed by atoms with Gasteiger partial charge in [0.2, 0.25) is 0 Å². The van der Waals surface area contributed by atoms with Crippen molar-refractivity contribution in [3.05, 3.63) is 58.5 Å². The van der Waals surface area contributed by atoms with Gasteiger partial charge in [0, 0.05) is 16.8 Å². The summed E-state index contributed by atoms with van der Waals surface area (Å²) in [6.45, 7) is 0. The number of rotatable bonds is 6. The van der Waals surface area contributed by atoms with E-state index in [9.17, 15) is 14.7 Å². The Morgan fingerprint density at radius 3 is 2.67 bits per heavy atom. The molecule has 30 heavy (non-hydrogen) atoms. The fourth-order valence-corrected chi connectivity index (χ4v) is 4.77. The van der Waals surface area contributed by atoms with Crippen LogP contribution in [0.4, 0.5) is 10.5 Å². The summed E-state index contributed by atoms with van der Waals surface area (Å²) in [6.07, 6.45) is 4.29. The quantitative estimate of drug-likeness (QED) is 0.530. The van der Waals surface area contributed by atoms with E-state index in [-0.39, 0.29) is 11.7 Å². The summed E-state index contributed by atoms with van der Waals surface area (Å²) in [5, 5.41) is 15.1. The highest BCUT2D eigenvalue weighted by molar-refractivity contribution is 7.17. The molecule has 1 heterocycles. The van der Waals surface area contributed by atoms with Crippen LogP contribution in [0.3, 0.4) is 0 Å². The molecule has 0 atom stereocenters. The van der Waals surface area contributed by atoms with Crippen LogP contribution in [0.2, 0.25) is 0 Å². The van der Waals surface area contributed by atoms with E-state index in [0.717, 1.165) is 46.9 Å². The Labute approximate surface area is 178 Å². The predicted molar refractivity (Wildman–Crippen MR) is 117 cm³/mol. The standard InChI is InChI=1S/C23H23NO5S/c1-28-20-11-15(22(25)26)7-6-14(20)10-16-13-30-21-9-8-17(12-19(16)21)24-23(27)29-18-4-2-3-5-18/h6-9,11-13,18H,2-5,10H2,1H3,(H,24,27)(H,25,26). The second kappa shape index (κ2) is 8.75. The summed E-state index contributed by atoms with van der Waals surface area (Å²) in [4.78, 5) is 23.4. The molecule has 0 unspecified atom stereocenters. The van der Waals surface area contributed by atoms with E-state index in [2.05, 4.69) is 10.7 Å². The Bertz CT molecular complexity index is 1080. The second-order valence-electron chi connectivity index (χ2n) is 7.42. The predicted octanol–water partition coefficient (Wildman–Crippen LogP) is 5.69. The van der Waals surface area contributed by atoms with Gasteiger partial charge in [-0.25, -0.2) is 9.59 Å². The molecule has 0 aliphatic heterocycles. The lowest BCUT2D eigenvalue weighted by atomic mass is 10.0. The van der Waals surface area contributed by atoms with Crippen molar-refractivity contribution in [2.75, 3.05) is 12.4 Å². The van der Waals surface area contributed by atoms with Crippen LogP contribution in [0.5, 0.6) is 5.75 Å². The molecular weight excluding hydrogens is 402 g/mol. The maximum atomic E-state index is 12.2. The number of hydrogen-bond donors (Lipinski definition) is 2. The molecule has 1 amide bonds. The third-order valence-corrected chi connectivity index (χ3v) is 6.40. The zero-order chi connectivity index (χ0) is 21.1. The first-order valence-electron chi connectivity index (χ1n) is 9.91. The number of thiophene rings is 1. The lowest BCUT2D eigenvalue weighted by Gasteiger charge is -2.12. The van der Waals surface area contributed by atoms with Crippen molar-refractivity contribution in [2.45, 2.75) is 38.2 Å². The summed E-state index contributed by atoms with van der Waals surface area (Å²) in [5.41, 5.74) is 2.88. The van der Waals surface area contributed by atoms with Gasteiger partial charge in [-0.2, -0.15) is 0 Å². The van der Waals surface area contributed by atoms with Crippen molar-refractivity contribution in [3.63, 3.8) is 0 Å². The van der Waals surface area contributed by atoms with E-state index in [0.29, 0.717) is 17.9 Å². The number of carbonyl (C=O) groups is 2. The molecule has 0 bridgehead atoms. The van der Waals surface area contributed by atoms with Gasteiger partial charge in [0.25, 0.3) is 0 Å². The number of carbonyl (C=O) groups excluding carboxylic acids is 1. The Hall–Kier alpha value is -3.06. The number of benzene rings is 2. The largest absolute Gasteiger partial charge is 0.496 e. The minimum absolute atomic E-state index is 0.0201. The van der Waals surface area contributed by atoms with Gasteiger partial charge < -0.3 is 14.6 Å². The molecule has 1 aliphatic rings. The topological polar surface area (TPSA) is 84.9 Å². The average molecular weight is 426 g/mol. The number of amides is 1. The van der Waals surface area contributed by atoms with Crippen molar-refractivity contribution in [2.24, 2.45) is 0 Å². The first kappa shape index (κ1) is 20.2. The van der Waals surface area contributed by atoms with Gasteiger partial charge in [0.15, 0.2) is 0 Å². The maximum Gasteiger partial charge on any atom is 0.411 e. The van der Waals surface area contributed by atoms with Gasteiger partial charge in [0.1, 0.15) is 11.9 Å². The minimum atomic E-state index is -0.985. The molecule has 0 spiro atoms. The van der Waals surface area contributed by atoms with Crippen LogP contribution in [0.1, 0.15) is 47.2 Å². The minimum Gasteiger partial charge on any atom is -0.496 e. The van der Waals surface area contributed by atoms with Crippen molar-refractivity contribution in [1.82, 2.24) is 0 Å². The second-order valence-corrected chi connectivity index (χ2v) is 8.33. The van der Waals surface area contributed by atoms with Gasteiger partial charge in [-0.05, 0) is 77.9 Å². The first-order valence-corrected chi connectivity index (χ1v) is 10.8. The van der Waals surface area contributed by atoms with E-state index >= 15 is 0 Å². The monoisotopic (exact) mass is 425 g/mol. The fraction of sp³-hybridized carbons (Fsp3) is 0.304. The molecule has 0 saturated heterocycles. The number of aromatic carboxylic acids is 1. The Kier molecular flexibility index (Phi) is 5.90. The summed E-state index contributed by atoms with van der Waals surface area (Å²) >= 11 is 1.63. The van der Waals surface area contributed by atoms with Crippen molar-refractivity contribution in [3.8, 4) is 5.75 Å². The molecule has 0 radical (unpaired) electrons. The molecule has 6 nitrogen and oxygen atoms in total. The van der Waals surface area contributed by atoms with Crippen LogP contribution < -0.4 is 10.1 Å². The third kappa shape index (κ3) is 4.41. The molecule has 1 aliphatic carbocycles. The number of carboxylic acid groups (broad SMARTS) is 1. The normalized spacial score (nSPS) is 14.0. The first-order chi connectivity index (χ1) is 14.5. The van der Waals surface area contributed by atoms with Gasteiger partial charge in [-0.1, -0.05) is 6.07 Å². The number of fused-ring (bicyclic) bond motifs is 1. The van der Waals surface area contributed by atoms with Crippen LogP contribution in [0.15, 0.2) is 41.8 Å². The number of ether oxygens (including phenoxy) is 2. The number of carboxylic acids is 1. The molecule has 156 valence electrons. The molecule has 1 fully saturated rings. The molecule has 2 N–H and O–H groups in total. The van der Waals surface area contributed by atoms with Gasteiger partial charge in [0.05, 0.1) is 12.7 Å². The van der Waals surface area contributed by atoms with E-state index in [4.69, 9.17) is 9.47 Å². The Balaban J connectivity index is 1.54. The Morgan fingerprint density at radius 1 is 1.13 bits per heavy atom. The molecule has 7 heteroatoms. The highest BCUT2D eigenvalue weighted by Gasteiger charge is 2.19. The average Bonchev–Trinajstić information content (AvgIpc) is 3.38. The third-order valence-electron chi connectivity index (χ3n) is 5.39. The molecule has 1 saturated carbocycles. The van der Waals surface area contributed by atoms with E-state index < -0.39 is 12.1 Å². The maximum absolute atomic E-state index is 12.2. The van der Waals surface area contributed by atoms with Crippen LogP contribution in [0.25, 0.3) is 10.1 Å². The van der Waals surface area contributed by atoms with Crippen molar-refractivity contribution in [1.29, 1.82) is 0 Å². The number of anilines is 1. The number of nitrogens with one attached hydrogen (secondary N) is 1. The van der Waals surface area contributed by atoms with E-state index in [1.54, 1.807) is 23.5 Å². The SMILES string of the molecule is COc1cc(C(=O)O)ccc1Cc1csc2ccc(NC(=O)OC3CCCC3)cc12. The van der Waals surface area contributed by atoms with E-state index in [1.807, 2.05) is 18.2 Å². The zero-order valence-corrected chi connectivity index (χ0v) is 17.5. The number of hydrogen-bond acceptors (Lipinski definition) is 5. The van der Waals surface area contributed by atoms with E-state index in [1.165, 1.54) is 13.2 Å². The van der Waals surface area contributed by atoms with Crippen LogP contribution >= 0.6 is 11.3 Å². The highest BCUT2D eigenvalue weighted by atomic mass is 32.1. The molecule has 2 aromatic carbocycles. The van der Waals surface area contributed by atoms with Crippen molar-refractivity contribution >= 4 is 39.2 Å². The highest BCUT2D eigenvalue weighted by Crippen LogP contribution is 2.32. The van der Waals surface area contributed by atoms with Crippen LogP contribution in [-0.2, 0) is 11.2 Å². The number of methoxy groups -OCH3 is 1. The fourth-order valence-electron chi connectivity index (χ4n) is 3.83. The summed E-state index contributed by atoms with van der Waals surface area (Å²) in [6, 6.07) is 10.7.